The Labute approximate surface area is 113 Å². The first-order chi connectivity index (χ1) is 8.88. The molecule has 1 aromatic heterocycles. The van der Waals surface area contributed by atoms with E-state index < -0.39 is 11.7 Å². The van der Waals surface area contributed by atoms with Gasteiger partial charge in [0.1, 0.15) is 11.9 Å². The largest absolute Gasteiger partial charge is 0.444 e. The maximum Gasteiger partial charge on any atom is 0.407 e. The molecule has 0 unspecified atom stereocenters. The van der Waals surface area contributed by atoms with Gasteiger partial charge in [0.05, 0.1) is 11.9 Å². The van der Waals surface area contributed by atoms with Crippen LogP contribution in [0.3, 0.4) is 0 Å². The molecule has 106 valence electrons. The number of nitrogens with zero attached hydrogens (tertiary/aromatic N) is 2. The highest BCUT2D eigenvalue weighted by atomic mass is 16.6. The Morgan fingerprint density at radius 1 is 1.42 bits per heavy atom. The van der Waals surface area contributed by atoms with Gasteiger partial charge in [-0.05, 0) is 27.2 Å². The van der Waals surface area contributed by atoms with Gasteiger partial charge in [-0.25, -0.2) is 14.8 Å². The highest BCUT2D eigenvalue weighted by Gasteiger charge is 2.15. The van der Waals surface area contributed by atoms with Crippen LogP contribution in [0.25, 0.3) is 0 Å². The van der Waals surface area contributed by atoms with Crippen LogP contribution in [0.1, 0.15) is 27.2 Å². The summed E-state index contributed by atoms with van der Waals surface area (Å²) >= 11 is 0. The number of ether oxygens (including phenoxy) is 1. The molecule has 1 amide bonds. The zero-order chi connectivity index (χ0) is 14.3. The van der Waals surface area contributed by atoms with E-state index in [0.717, 1.165) is 6.42 Å². The number of rotatable bonds is 5. The van der Waals surface area contributed by atoms with Crippen LogP contribution in [0.2, 0.25) is 0 Å². The number of aromatic nitrogens is 2. The number of nitrogens with one attached hydrogen (secondary N) is 2. The second-order valence-electron chi connectivity index (χ2n) is 5.04. The number of carbonyl (C=O) groups is 1. The Kier molecular flexibility index (Phi) is 5.35. The van der Waals surface area contributed by atoms with Gasteiger partial charge in [0.25, 0.3) is 0 Å². The number of hydrogen-bond acceptors (Lipinski definition) is 6. The van der Waals surface area contributed by atoms with Crippen molar-refractivity contribution in [1.29, 1.82) is 0 Å². The van der Waals surface area contributed by atoms with Crippen LogP contribution in [-0.2, 0) is 4.74 Å². The second kappa shape index (κ2) is 6.77. The Bertz CT molecular complexity index is 417. The summed E-state index contributed by atoms with van der Waals surface area (Å²) in [5, 5.41) is 5.74. The van der Waals surface area contributed by atoms with Crippen molar-refractivity contribution in [3.63, 3.8) is 0 Å². The van der Waals surface area contributed by atoms with E-state index in [1.54, 1.807) is 0 Å². The minimum atomic E-state index is -0.474. The first-order valence-electron chi connectivity index (χ1n) is 6.15. The molecule has 1 aromatic rings. The van der Waals surface area contributed by atoms with Crippen LogP contribution in [0.15, 0.2) is 12.5 Å². The lowest BCUT2D eigenvalue weighted by molar-refractivity contribution is 0.0528. The molecule has 0 aliphatic carbocycles. The maximum absolute atomic E-state index is 11.4. The molecule has 0 radical (unpaired) electrons. The fourth-order valence-corrected chi connectivity index (χ4v) is 1.29. The number of hydrogen-bond donors (Lipinski definition) is 3. The molecule has 0 aliphatic rings. The van der Waals surface area contributed by atoms with Crippen molar-refractivity contribution in [1.82, 2.24) is 15.3 Å². The van der Waals surface area contributed by atoms with Crippen LogP contribution < -0.4 is 16.4 Å². The molecule has 7 nitrogen and oxygen atoms in total. The summed E-state index contributed by atoms with van der Waals surface area (Å²) in [4.78, 5) is 19.1. The van der Waals surface area contributed by atoms with E-state index in [1.165, 1.54) is 12.5 Å². The lowest BCUT2D eigenvalue weighted by Crippen LogP contribution is -2.33. The minimum Gasteiger partial charge on any atom is -0.444 e. The fraction of sp³-hybridized carbons (Fsp3) is 0.583. The van der Waals surface area contributed by atoms with E-state index in [9.17, 15) is 4.79 Å². The van der Waals surface area contributed by atoms with E-state index in [-0.39, 0.29) is 0 Å². The minimum absolute atomic E-state index is 0.408. The van der Waals surface area contributed by atoms with Gasteiger partial charge < -0.3 is 21.1 Å². The molecule has 0 fully saturated rings. The van der Waals surface area contributed by atoms with Crippen molar-refractivity contribution in [2.24, 2.45) is 0 Å². The summed E-state index contributed by atoms with van der Waals surface area (Å²) < 4.78 is 5.11. The SMILES string of the molecule is CC(C)(C)OC(=O)NCCCNc1ncncc1N. The number of amides is 1. The maximum atomic E-state index is 11.4. The van der Waals surface area contributed by atoms with E-state index in [0.29, 0.717) is 24.6 Å². The molecule has 0 saturated heterocycles. The molecular formula is C12H21N5O2. The molecule has 1 rings (SSSR count). The number of nitrogens with two attached hydrogens (primary N) is 1. The Morgan fingerprint density at radius 2 is 2.16 bits per heavy atom. The monoisotopic (exact) mass is 267 g/mol. The van der Waals surface area contributed by atoms with Gasteiger partial charge in [0.15, 0.2) is 5.82 Å². The van der Waals surface area contributed by atoms with Crippen molar-refractivity contribution in [3.8, 4) is 0 Å². The molecule has 0 spiro atoms. The zero-order valence-electron chi connectivity index (χ0n) is 11.6. The van der Waals surface area contributed by atoms with Crippen molar-refractivity contribution in [3.05, 3.63) is 12.5 Å². The summed E-state index contributed by atoms with van der Waals surface area (Å²) in [5.41, 5.74) is 5.70. The lowest BCUT2D eigenvalue weighted by atomic mass is 10.2. The third-order valence-corrected chi connectivity index (χ3v) is 2.05. The van der Waals surface area contributed by atoms with Crippen LogP contribution in [0.4, 0.5) is 16.3 Å². The number of anilines is 2. The number of alkyl carbamates (subject to hydrolysis) is 1. The first-order valence-corrected chi connectivity index (χ1v) is 6.15. The smallest absolute Gasteiger partial charge is 0.407 e. The average molecular weight is 267 g/mol. The summed E-state index contributed by atoms with van der Waals surface area (Å²) in [7, 11) is 0. The topological polar surface area (TPSA) is 102 Å². The molecule has 19 heavy (non-hydrogen) atoms. The molecule has 0 aromatic carbocycles. The number of carbonyl (C=O) groups excluding carboxylic acids is 1. The Balaban J connectivity index is 2.15. The highest BCUT2D eigenvalue weighted by Crippen LogP contribution is 2.10. The van der Waals surface area contributed by atoms with Crippen LogP contribution in [0.5, 0.6) is 0 Å². The average Bonchev–Trinajstić information content (AvgIpc) is 2.28. The third-order valence-electron chi connectivity index (χ3n) is 2.05. The molecule has 1 heterocycles. The molecule has 7 heteroatoms. The Hall–Kier alpha value is -2.05. The van der Waals surface area contributed by atoms with Gasteiger partial charge in [0, 0.05) is 13.1 Å². The fourth-order valence-electron chi connectivity index (χ4n) is 1.29. The first kappa shape index (κ1) is 15.0. The molecule has 0 atom stereocenters. The van der Waals surface area contributed by atoms with Crippen LogP contribution in [-0.4, -0.2) is 34.8 Å². The van der Waals surface area contributed by atoms with E-state index in [2.05, 4.69) is 20.6 Å². The van der Waals surface area contributed by atoms with Crippen molar-refractivity contribution in [2.75, 3.05) is 24.1 Å². The molecule has 0 saturated carbocycles. The highest BCUT2D eigenvalue weighted by molar-refractivity contribution is 5.67. The van der Waals surface area contributed by atoms with Gasteiger partial charge in [0.2, 0.25) is 0 Å². The van der Waals surface area contributed by atoms with Gasteiger partial charge in [-0.15, -0.1) is 0 Å². The van der Waals surface area contributed by atoms with Gasteiger partial charge in [-0.3, -0.25) is 0 Å². The van der Waals surface area contributed by atoms with Crippen LogP contribution >= 0.6 is 0 Å². The second-order valence-corrected chi connectivity index (χ2v) is 5.04. The summed E-state index contributed by atoms with van der Waals surface area (Å²) in [5.74, 6) is 0.604. The molecular weight excluding hydrogens is 246 g/mol. The van der Waals surface area contributed by atoms with Gasteiger partial charge in [-0.1, -0.05) is 0 Å². The predicted octanol–water partition coefficient (Wildman–Crippen LogP) is 1.39. The molecule has 4 N–H and O–H groups in total. The van der Waals surface area contributed by atoms with Gasteiger partial charge >= 0.3 is 6.09 Å². The van der Waals surface area contributed by atoms with Crippen LogP contribution in [0, 0.1) is 0 Å². The van der Waals surface area contributed by atoms with Gasteiger partial charge in [-0.2, -0.15) is 0 Å². The molecule has 0 aliphatic heterocycles. The van der Waals surface area contributed by atoms with Crippen molar-refractivity contribution < 1.29 is 9.53 Å². The van der Waals surface area contributed by atoms with E-state index in [1.807, 2.05) is 20.8 Å². The zero-order valence-corrected chi connectivity index (χ0v) is 11.6. The van der Waals surface area contributed by atoms with Crippen molar-refractivity contribution in [2.45, 2.75) is 32.8 Å². The van der Waals surface area contributed by atoms with Crippen molar-refractivity contribution >= 4 is 17.6 Å². The predicted molar refractivity (Wildman–Crippen MR) is 73.8 cm³/mol. The quantitative estimate of drug-likeness (QED) is 0.697. The van der Waals surface area contributed by atoms with E-state index >= 15 is 0 Å². The Morgan fingerprint density at radius 3 is 2.79 bits per heavy atom. The third kappa shape index (κ3) is 6.44. The lowest BCUT2D eigenvalue weighted by Gasteiger charge is -2.19. The van der Waals surface area contributed by atoms with E-state index in [4.69, 9.17) is 10.5 Å². The summed E-state index contributed by atoms with van der Waals surface area (Å²) in [6, 6.07) is 0. The summed E-state index contributed by atoms with van der Waals surface area (Å²) in [6.45, 7) is 6.65. The summed E-state index contributed by atoms with van der Waals surface area (Å²) in [6.07, 6.45) is 3.29. The number of nitrogen functional groups attached to an aromatic ring is 1. The molecule has 0 bridgehead atoms. The standard InChI is InChI=1S/C12H21N5O2/c1-12(2,3)19-11(18)16-6-4-5-15-10-9(13)7-14-8-17-10/h7-8H,4-6,13H2,1-3H3,(H,16,18)(H,14,15,17). The normalized spacial score (nSPS) is 10.9.